The van der Waals surface area contributed by atoms with Crippen molar-refractivity contribution < 1.29 is 4.92 Å². The van der Waals surface area contributed by atoms with Crippen LogP contribution in [0.1, 0.15) is 21.4 Å². The van der Waals surface area contributed by atoms with Gasteiger partial charge in [0, 0.05) is 48.9 Å². The molecule has 9 nitrogen and oxygen atoms in total. The van der Waals surface area contributed by atoms with E-state index in [2.05, 4.69) is 20.2 Å². The van der Waals surface area contributed by atoms with Gasteiger partial charge in [0.25, 0.3) is 5.70 Å². The number of allylic oxidation sites excluding steroid dienone is 1. The van der Waals surface area contributed by atoms with Crippen LogP contribution < -0.4 is 5.73 Å². The molecule has 2 aromatic heterocycles. The fraction of sp³-hybridized carbons (Fsp3) is 0.579. The summed E-state index contributed by atoms with van der Waals surface area (Å²) in [5.41, 5.74) is 7.88. The molecule has 2 N–H and O–H groups in total. The van der Waals surface area contributed by atoms with Crippen LogP contribution in [0.25, 0.3) is 0 Å². The number of nitro groups is 1. The van der Waals surface area contributed by atoms with Gasteiger partial charge in [-0.3, -0.25) is 10.1 Å². The highest BCUT2D eigenvalue weighted by Crippen LogP contribution is 2.19. The van der Waals surface area contributed by atoms with E-state index in [1.165, 1.54) is 11.3 Å². The van der Waals surface area contributed by atoms with E-state index < -0.39 is 4.92 Å². The van der Waals surface area contributed by atoms with E-state index in [9.17, 15) is 10.1 Å². The third-order valence-electron chi connectivity index (χ3n) is 4.20. The Bertz CT molecular complexity index is 879. The monoisotopic (exact) mass is 485 g/mol. The van der Waals surface area contributed by atoms with Crippen LogP contribution in [0.15, 0.2) is 22.3 Å². The minimum atomic E-state index is -0.397. The first-order chi connectivity index (χ1) is 14.7. The van der Waals surface area contributed by atoms with Crippen LogP contribution in [0.4, 0.5) is 0 Å². The van der Waals surface area contributed by atoms with Gasteiger partial charge >= 0.3 is 0 Å². The molecule has 2 heterocycles. The van der Waals surface area contributed by atoms with Crippen molar-refractivity contribution in [3.63, 3.8) is 0 Å². The van der Waals surface area contributed by atoms with Crippen molar-refractivity contribution in [1.82, 2.24) is 24.7 Å². The number of nitrogens with zero attached hydrogens (tertiary/aromatic N) is 6. The highest BCUT2D eigenvalue weighted by Gasteiger charge is 2.21. The van der Waals surface area contributed by atoms with Crippen molar-refractivity contribution in [3.05, 3.63) is 53.8 Å². The van der Waals surface area contributed by atoms with E-state index in [1.807, 2.05) is 38.5 Å². The van der Waals surface area contributed by atoms with E-state index in [1.54, 1.807) is 35.0 Å². The molecule has 0 saturated carbocycles. The molecule has 0 atom stereocenters. The second-order valence-corrected chi connectivity index (χ2v) is 10.7. The van der Waals surface area contributed by atoms with Crippen LogP contribution in [0, 0.1) is 10.1 Å². The Morgan fingerprint density at radius 2 is 1.61 bits per heavy atom. The number of aromatic nitrogens is 2. The highest BCUT2D eigenvalue weighted by molar-refractivity contribution is 7.98. The fourth-order valence-corrected chi connectivity index (χ4v) is 5.50. The zero-order chi connectivity index (χ0) is 23.0. The Labute approximate surface area is 196 Å². The summed E-state index contributed by atoms with van der Waals surface area (Å²) in [5.74, 6) is 1.80. The maximum atomic E-state index is 11.6. The van der Waals surface area contributed by atoms with Crippen molar-refractivity contribution >= 4 is 34.4 Å². The zero-order valence-corrected chi connectivity index (χ0v) is 21.1. The molecule has 0 aromatic carbocycles. The highest BCUT2D eigenvalue weighted by atomic mass is 32.2. The predicted molar refractivity (Wildman–Crippen MR) is 130 cm³/mol. The van der Waals surface area contributed by atoms with Gasteiger partial charge in [-0.1, -0.05) is 0 Å². The van der Waals surface area contributed by atoms with Crippen molar-refractivity contribution in [1.29, 1.82) is 0 Å². The number of hydrogen-bond donors (Lipinski definition) is 1. The van der Waals surface area contributed by atoms with Crippen LogP contribution >= 0.6 is 34.4 Å². The van der Waals surface area contributed by atoms with Gasteiger partial charge in [0.05, 0.1) is 22.7 Å². The van der Waals surface area contributed by atoms with E-state index >= 15 is 0 Å². The number of thioether (sulfide) groups is 1. The maximum Gasteiger partial charge on any atom is 0.291 e. The molecule has 12 heteroatoms. The molecule has 2 rings (SSSR count). The topological polar surface area (TPSA) is 105 Å². The Kier molecular flexibility index (Phi) is 10.2. The Morgan fingerprint density at radius 3 is 2.16 bits per heavy atom. The minimum Gasteiger partial charge on any atom is -0.380 e. The molecular formula is C19H31N7O2S3. The Balaban J connectivity index is 1.88. The van der Waals surface area contributed by atoms with Crippen LogP contribution in [0.5, 0.6) is 0 Å². The normalized spacial score (nSPS) is 12.5. The Morgan fingerprint density at radius 1 is 1.06 bits per heavy atom. The molecule has 31 heavy (non-hydrogen) atoms. The quantitative estimate of drug-likeness (QED) is 0.260. The van der Waals surface area contributed by atoms with Crippen LogP contribution in [0.2, 0.25) is 0 Å². The van der Waals surface area contributed by atoms with Gasteiger partial charge < -0.3 is 20.4 Å². The number of hydrogen-bond acceptors (Lipinski definition) is 11. The van der Waals surface area contributed by atoms with Gasteiger partial charge in [-0.05, 0) is 28.2 Å². The average molecular weight is 486 g/mol. The molecule has 0 fully saturated rings. The molecule has 0 radical (unpaired) electrons. The lowest BCUT2D eigenvalue weighted by molar-refractivity contribution is -0.429. The summed E-state index contributed by atoms with van der Waals surface area (Å²) >= 11 is 4.92. The first kappa shape index (κ1) is 25.5. The van der Waals surface area contributed by atoms with Crippen molar-refractivity contribution in [2.45, 2.75) is 25.3 Å². The Hall–Kier alpha value is -1.73. The number of nitrogens with two attached hydrogens (primary N) is 1. The SMILES string of the molecule is CN(C)Cc1nc(CSCCN(C)C(N)=C(Cc2csc(CN(C)C)n2)[N+](=O)[O-])cs1. The van der Waals surface area contributed by atoms with Crippen molar-refractivity contribution in [2.24, 2.45) is 5.73 Å². The first-order valence-electron chi connectivity index (χ1n) is 9.73. The van der Waals surface area contributed by atoms with Gasteiger partial charge in [-0.25, -0.2) is 9.97 Å². The minimum absolute atomic E-state index is 0.0120. The largest absolute Gasteiger partial charge is 0.380 e. The lowest BCUT2D eigenvalue weighted by atomic mass is 10.2. The summed E-state index contributed by atoms with van der Waals surface area (Å²) in [7, 11) is 9.77. The second-order valence-electron chi connectivity index (χ2n) is 7.68. The number of rotatable bonds is 13. The van der Waals surface area contributed by atoms with Gasteiger partial charge in [-0.15, -0.1) is 22.7 Å². The van der Waals surface area contributed by atoms with E-state index in [0.717, 1.165) is 33.8 Å². The van der Waals surface area contributed by atoms with Gasteiger partial charge in [-0.2, -0.15) is 11.8 Å². The van der Waals surface area contributed by atoms with Crippen molar-refractivity contribution in [2.75, 3.05) is 47.5 Å². The molecule has 0 saturated heterocycles. The van der Waals surface area contributed by atoms with Gasteiger partial charge in [0.1, 0.15) is 10.0 Å². The summed E-state index contributed by atoms with van der Waals surface area (Å²) in [6, 6.07) is 0. The van der Waals surface area contributed by atoms with Crippen molar-refractivity contribution in [3.8, 4) is 0 Å². The predicted octanol–water partition coefficient (Wildman–Crippen LogP) is 2.54. The molecule has 0 unspecified atom stereocenters. The summed E-state index contributed by atoms with van der Waals surface area (Å²) < 4.78 is 0. The van der Waals surface area contributed by atoms with Gasteiger partial charge in [0.2, 0.25) is 0 Å². The van der Waals surface area contributed by atoms with E-state index in [-0.39, 0.29) is 17.9 Å². The lowest BCUT2D eigenvalue weighted by Gasteiger charge is -2.18. The van der Waals surface area contributed by atoms with Crippen LogP contribution in [-0.4, -0.2) is 77.1 Å². The van der Waals surface area contributed by atoms with Crippen LogP contribution in [-0.2, 0) is 25.3 Å². The molecule has 2 aromatic rings. The smallest absolute Gasteiger partial charge is 0.291 e. The maximum absolute atomic E-state index is 11.6. The van der Waals surface area contributed by atoms with E-state index in [0.29, 0.717) is 18.8 Å². The van der Waals surface area contributed by atoms with E-state index in [4.69, 9.17) is 5.73 Å². The zero-order valence-electron chi connectivity index (χ0n) is 18.7. The lowest BCUT2D eigenvalue weighted by Crippen LogP contribution is -2.29. The third kappa shape index (κ3) is 8.73. The first-order valence-corrected chi connectivity index (χ1v) is 12.6. The summed E-state index contributed by atoms with van der Waals surface area (Å²) in [6.45, 7) is 2.18. The molecule has 0 aliphatic carbocycles. The molecular weight excluding hydrogens is 454 g/mol. The summed E-state index contributed by atoms with van der Waals surface area (Å²) in [6.07, 6.45) is 0.119. The fourth-order valence-electron chi connectivity index (χ4n) is 2.67. The second kappa shape index (κ2) is 12.3. The molecule has 0 aliphatic rings. The van der Waals surface area contributed by atoms with Crippen LogP contribution in [0.3, 0.4) is 0 Å². The standard InChI is InChI=1S/C19H31N7O2S3/c1-23(2)9-17-21-14(12-30-17)8-16(26(27)28)19(20)25(5)6-7-29-11-15-13-31-18(22-15)10-24(3)4/h12-13H,6-11,20H2,1-5H3. The number of thiazole rings is 2. The summed E-state index contributed by atoms with van der Waals surface area (Å²) in [5, 5.41) is 17.6. The molecule has 0 bridgehead atoms. The van der Waals surface area contributed by atoms with Gasteiger partial charge in [0.15, 0.2) is 5.82 Å². The molecule has 0 aliphatic heterocycles. The molecule has 0 amide bonds. The third-order valence-corrected chi connectivity index (χ3v) is 6.93. The summed E-state index contributed by atoms with van der Waals surface area (Å²) in [4.78, 5) is 26.2. The molecule has 0 spiro atoms. The average Bonchev–Trinajstić information content (AvgIpc) is 3.30. The molecule has 172 valence electrons.